The number of carbonyl (C=O) groups excluding carboxylic acids is 1. The zero-order valence-corrected chi connectivity index (χ0v) is 17.5. The van der Waals surface area contributed by atoms with Crippen molar-refractivity contribution < 1.29 is 28.5 Å². The third-order valence-corrected chi connectivity index (χ3v) is 4.30. The Balaban J connectivity index is 5.07. The summed E-state index contributed by atoms with van der Waals surface area (Å²) in [6, 6.07) is 0. The number of ether oxygens (including phenoxy) is 5. The first-order valence-electron chi connectivity index (χ1n) is 9.70. The summed E-state index contributed by atoms with van der Waals surface area (Å²) < 4.78 is 27.1. The zero-order chi connectivity index (χ0) is 20.5. The third kappa shape index (κ3) is 11.3. The van der Waals surface area contributed by atoms with Crippen LogP contribution >= 0.6 is 0 Å². The summed E-state index contributed by atoms with van der Waals surface area (Å²) in [6.07, 6.45) is 7.76. The van der Waals surface area contributed by atoms with Gasteiger partial charge in [0.2, 0.25) is 0 Å². The highest BCUT2D eigenvalue weighted by atomic mass is 16.7. The van der Waals surface area contributed by atoms with Crippen LogP contribution in [0.2, 0.25) is 0 Å². The van der Waals surface area contributed by atoms with Gasteiger partial charge in [-0.1, -0.05) is 31.9 Å². The number of carbonyl (C=O) groups is 1. The van der Waals surface area contributed by atoms with E-state index in [1.54, 1.807) is 20.1 Å². The molecule has 0 aliphatic heterocycles. The van der Waals surface area contributed by atoms with E-state index in [0.29, 0.717) is 0 Å². The number of allylic oxidation sites excluding steroid dienone is 1. The summed E-state index contributed by atoms with van der Waals surface area (Å²) in [6.45, 7) is 11.7. The molecule has 0 heterocycles. The maximum absolute atomic E-state index is 12.7. The minimum Gasteiger partial charge on any atom is -0.459 e. The highest BCUT2D eigenvalue weighted by Crippen LogP contribution is 2.21. The highest BCUT2D eigenvalue weighted by molar-refractivity contribution is 5.73. The fraction of sp³-hybridized carbons (Fsp3) is 0.762. The molecule has 0 radical (unpaired) electrons. The molecule has 0 spiro atoms. The van der Waals surface area contributed by atoms with Gasteiger partial charge in [0.15, 0.2) is 0 Å². The molecule has 27 heavy (non-hydrogen) atoms. The quantitative estimate of drug-likeness (QED) is 0.152. The Morgan fingerprint density at radius 2 is 1.67 bits per heavy atom. The summed E-state index contributed by atoms with van der Waals surface area (Å²) in [4.78, 5) is 12.7. The van der Waals surface area contributed by atoms with E-state index in [1.165, 1.54) is 7.11 Å². The van der Waals surface area contributed by atoms with E-state index in [4.69, 9.17) is 23.7 Å². The third-order valence-electron chi connectivity index (χ3n) is 4.30. The summed E-state index contributed by atoms with van der Waals surface area (Å²) in [7, 11) is 3.11. The van der Waals surface area contributed by atoms with Gasteiger partial charge in [0.25, 0.3) is 0 Å². The van der Waals surface area contributed by atoms with E-state index in [9.17, 15) is 4.79 Å². The molecule has 0 aromatic heterocycles. The maximum atomic E-state index is 12.7. The molecular formula is C21H38O6. The summed E-state index contributed by atoms with van der Waals surface area (Å²) >= 11 is 0. The zero-order valence-electron chi connectivity index (χ0n) is 17.5. The molecule has 0 amide bonds. The van der Waals surface area contributed by atoms with Crippen LogP contribution in [0.1, 0.15) is 52.4 Å². The van der Waals surface area contributed by atoms with Crippen molar-refractivity contribution in [3.8, 4) is 0 Å². The number of hydrogen-bond donors (Lipinski definition) is 0. The van der Waals surface area contributed by atoms with Crippen LogP contribution in [0.15, 0.2) is 25.3 Å². The van der Waals surface area contributed by atoms with Gasteiger partial charge in [0.1, 0.15) is 19.7 Å². The van der Waals surface area contributed by atoms with Crippen molar-refractivity contribution in [1.82, 2.24) is 0 Å². The van der Waals surface area contributed by atoms with E-state index in [2.05, 4.69) is 20.1 Å². The number of rotatable bonds is 18. The summed E-state index contributed by atoms with van der Waals surface area (Å²) in [5, 5.41) is 0. The van der Waals surface area contributed by atoms with Gasteiger partial charge >= 0.3 is 5.97 Å². The van der Waals surface area contributed by atoms with Crippen molar-refractivity contribution in [2.45, 2.75) is 70.7 Å². The first kappa shape index (κ1) is 25.8. The molecule has 0 rings (SSSR count). The lowest BCUT2D eigenvalue weighted by atomic mass is 10.0. The van der Waals surface area contributed by atoms with Crippen molar-refractivity contribution in [2.75, 3.05) is 27.8 Å². The number of unbranched alkanes of at least 4 members (excludes halogenated alkanes) is 2. The van der Waals surface area contributed by atoms with Crippen molar-refractivity contribution in [3.05, 3.63) is 25.3 Å². The van der Waals surface area contributed by atoms with Gasteiger partial charge in [0, 0.05) is 14.2 Å². The topological polar surface area (TPSA) is 63.2 Å². The SMILES string of the molecule is C=CCC[C@H](OCOC)[C@@H](CCCCC)OC(=O)[C@@H](C)[C@H](C=C)OCOC. The van der Waals surface area contributed by atoms with Crippen LogP contribution in [0.3, 0.4) is 0 Å². The fourth-order valence-corrected chi connectivity index (χ4v) is 2.68. The van der Waals surface area contributed by atoms with Gasteiger partial charge in [-0.3, -0.25) is 4.79 Å². The maximum Gasteiger partial charge on any atom is 0.312 e. The number of methoxy groups -OCH3 is 2. The van der Waals surface area contributed by atoms with Gasteiger partial charge in [-0.25, -0.2) is 0 Å². The van der Waals surface area contributed by atoms with E-state index in [0.717, 1.165) is 38.5 Å². The Morgan fingerprint density at radius 1 is 1.00 bits per heavy atom. The van der Waals surface area contributed by atoms with Crippen LogP contribution in [0.25, 0.3) is 0 Å². The molecule has 0 aromatic carbocycles. The Labute approximate surface area is 164 Å². The summed E-state index contributed by atoms with van der Waals surface area (Å²) in [5.41, 5.74) is 0. The molecule has 0 saturated carbocycles. The minimum atomic E-state index is -0.492. The van der Waals surface area contributed by atoms with Crippen molar-refractivity contribution in [3.63, 3.8) is 0 Å². The Hall–Kier alpha value is -1.21. The van der Waals surface area contributed by atoms with Gasteiger partial charge in [-0.2, -0.15) is 0 Å². The predicted octanol–water partition coefficient (Wildman–Crippen LogP) is 4.25. The molecule has 0 aliphatic carbocycles. The number of esters is 1. The molecule has 0 fully saturated rings. The molecule has 0 aromatic rings. The molecule has 6 nitrogen and oxygen atoms in total. The second-order valence-electron chi connectivity index (χ2n) is 6.51. The van der Waals surface area contributed by atoms with Crippen LogP contribution in [-0.4, -0.2) is 52.1 Å². The van der Waals surface area contributed by atoms with Gasteiger partial charge in [-0.05, 0) is 32.6 Å². The Bertz CT molecular complexity index is 398. The van der Waals surface area contributed by atoms with Crippen LogP contribution < -0.4 is 0 Å². The minimum absolute atomic E-state index is 0.0904. The molecule has 0 saturated heterocycles. The molecular weight excluding hydrogens is 348 g/mol. The monoisotopic (exact) mass is 386 g/mol. The fourth-order valence-electron chi connectivity index (χ4n) is 2.68. The summed E-state index contributed by atoms with van der Waals surface area (Å²) in [5.74, 6) is -0.823. The number of hydrogen-bond acceptors (Lipinski definition) is 6. The Kier molecular flexibility index (Phi) is 16.2. The smallest absolute Gasteiger partial charge is 0.312 e. The molecule has 6 heteroatoms. The van der Waals surface area contributed by atoms with E-state index >= 15 is 0 Å². The first-order valence-corrected chi connectivity index (χ1v) is 9.70. The molecule has 158 valence electrons. The van der Waals surface area contributed by atoms with Gasteiger partial charge < -0.3 is 23.7 Å². The second-order valence-corrected chi connectivity index (χ2v) is 6.51. The van der Waals surface area contributed by atoms with Gasteiger partial charge in [0.05, 0.1) is 18.1 Å². The van der Waals surface area contributed by atoms with Crippen molar-refractivity contribution >= 4 is 5.97 Å². The Morgan fingerprint density at radius 3 is 2.22 bits per heavy atom. The lowest BCUT2D eigenvalue weighted by Gasteiger charge is -2.29. The van der Waals surface area contributed by atoms with Crippen LogP contribution in [0.4, 0.5) is 0 Å². The molecule has 4 atom stereocenters. The highest BCUT2D eigenvalue weighted by Gasteiger charge is 2.30. The average Bonchev–Trinajstić information content (AvgIpc) is 2.68. The van der Waals surface area contributed by atoms with E-state index < -0.39 is 12.0 Å². The molecule has 0 unspecified atom stereocenters. The van der Waals surface area contributed by atoms with Crippen LogP contribution in [-0.2, 0) is 28.5 Å². The van der Waals surface area contributed by atoms with Crippen LogP contribution in [0.5, 0.6) is 0 Å². The molecule has 0 aliphatic rings. The van der Waals surface area contributed by atoms with Crippen molar-refractivity contribution in [1.29, 1.82) is 0 Å². The van der Waals surface area contributed by atoms with Crippen LogP contribution in [0, 0.1) is 5.92 Å². The predicted molar refractivity (Wildman–Crippen MR) is 106 cm³/mol. The lowest BCUT2D eigenvalue weighted by molar-refractivity contribution is -0.176. The van der Waals surface area contributed by atoms with Gasteiger partial charge in [-0.15, -0.1) is 13.2 Å². The standard InChI is InChI=1S/C21H38O6/c1-7-10-12-14-20(19(13-11-8-2)26-16-24-6)27-21(22)17(4)18(9-3)25-15-23-5/h8-9,17-20H,2-3,7,10-16H2,1,4-6H3/t17-,18-,19-,20+/m0/s1. The van der Waals surface area contributed by atoms with Crippen molar-refractivity contribution in [2.24, 2.45) is 5.92 Å². The normalized spacial score (nSPS) is 15.6. The second kappa shape index (κ2) is 16.9. The molecule has 0 bridgehead atoms. The molecule has 0 N–H and O–H groups in total. The largest absolute Gasteiger partial charge is 0.459 e. The average molecular weight is 387 g/mol. The van der Waals surface area contributed by atoms with E-state index in [-0.39, 0.29) is 31.8 Å². The first-order chi connectivity index (χ1) is 13.0. The van der Waals surface area contributed by atoms with E-state index in [1.807, 2.05) is 6.08 Å². The lowest BCUT2D eigenvalue weighted by Crippen LogP contribution is -2.38.